The van der Waals surface area contributed by atoms with Crippen LogP contribution in [0.5, 0.6) is 0 Å². The number of rotatable bonds is 6. The first-order valence-electron chi connectivity index (χ1n) is 11.8. The Bertz CT molecular complexity index is 1320. The summed E-state index contributed by atoms with van der Waals surface area (Å²) in [5.41, 5.74) is 1.07. The second-order valence-electron chi connectivity index (χ2n) is 10.3. The van der Waals surface area contributed by atoms with Gasteiger partial charge in [0.15, 0.2) is 5.82 Å². The second kappa shape index (κ2) is 8.44. The Balaban J connectivity index is 1.43. The van der Waals surface area contributed by atoms with Gasteiger partial charge in [0.2, 0.25) is 5.95 Å². The fourth-order valence-electron chi connectivity index (χ4n) is 5.14. The van der Waals surface area contributed by atoms with Crippen molar-refractivity contribution in [1.29, 1.82) is 0 Å². The number of benzene rings is 1. The fraction of sp³-hybridized carbons (Fsp3) is 0.542. The Labute approximate surface area is 206 Å². The maximum atomic E-state index is 14.3. The average Bonchev–Trinajstić information content (AvgIpc) is 3.07. The molecule has 35 heavy (non-hydrogen) atoms. The van der Waals surface area contributed by atoms with Crippen LogP contribution >= 0.6 is 11.6 Å². The highest BCUT2D eigenvalue weighted by molar-refractivity contribution is 6.32. The molecule has 2 fully saturated rings. The Morgan fingerprint density at radius 3 is 2.57 bits per heavy atom. The van der Waals surface area contributed by atoms with Crippen LogP contribution in [0, 0.1) is 11.8 Å². The van der Waals surface area contributed by atoms with Crippen LogP contribution in [0.4, 0.5) is 26.2 Å². The van der Waals surface area contributed by atoms with Crippen LogP contribution in [0.1, 0.15) is 33.1 Å². The number of hydrogen-bond donors (Lipinski definition) is 2. The minimum Gasteiger partial charge on any atom is -0.390 e. The summed E-state index contributed by atoms with van der Waals surface area (Å²) in [6, 6.07) is 5.49. The van der Waals surface area contributed by atoms with E-state index in [0.29, 0.717) is 53.8 Å². The summed E-state index contributed by atoms with van der Waals surface area (Å²) in [6.07, 6.45) is 2.92. The van der Waals surface area contributed by atoms with Gasteiger partial charge in [-0.3, -0.25) is 9.13 Å². The molecule has 2 N–H and O–H groups in total. The molecule has 8 nitrogen and oxygen atoms in total. The number of fused-ring (bicyclic) bond motifs is 3. The highest BCUT2D eigenvalue weighted by Gasteiger charge is 2.56. The van der Waals surface area contributed by atoms with Gasteiger partial charge in [0.25, 0.3) is 5.92 Å². The minimum atomic E-state index is -2.63. The lowest BCUT2D eigenvalue weighted by molar-refractivity contribution is -0.0831. The summed E-state index contributed by atoms with van der Waals surface area (Å²) in [7, 11) is 1.71. The van der Waals surface area contributed by atoms with E-state index in [1.807, 2.05) is 23.1 Å². The zero-order chi connectivity index (χ0) is 25.1. The quantitative estimate of drug-likeness (QED) is 0.521. The number of hydrogen-bond acceptors (Lipinski definition) is 6. The number of piperidine rings is 1. The monoisotopic (exact) mass is 506 g/mol. The molecule has 0 spiro atoms. The Morgan fingerprint density at radius 1 is 1.23 bits per heavy atom. The van der Waals surface area contributed by atoms with Crippen LogP contribution in [0.15, 0.2) is 29.2 Å². The van der Waals surface area contributed by atoms with Crippen LogP contribution in [-0.2, 0) is 13.6 Å². The van der Waals surface area contributed by atoms with Crippen molar-refractivity contribution in [3.8, 4) is 0 Å². The molecule has 1 aliphatic carbocycles. The standard InChI is InChI=1S/C24H29ClF2N6O2/c1-23(2,35)8-9-33-19-10-16(6-7-18(19)31(3)22(33)34)29-20-17(25)11-28-21(30-20)32-12-14-4-5-15(13-32)24(14,26)27/h6-7,10-11,14-15,35H,4-5,8-9,12-13H2,1-3H3,(H,28,29,30). The van der Waals surface area contributed by atoms with E-state index in [0.717, 1.165) is 5.52 Å². The number of aromatic nitrogens is 4. The summed E-state index contributed by atoms with van der Waals surface area (Å²) in [6.45, 7) is 4.21. The van der Waals surface area contributed by atoms with Gasteiger partial charge in [0.05, 0.1) is 22.8 Å². The molecule has 5 rings (SSSR count). The molecule has 0 radical (unpaired) electrons. The van der Waals surface area contributed by atoms with E-state index in [4.69, 9.17) is 11.6 Å². The van der Waals surface area contributed by atoms with Gasteiger partial charge in [-0.15, -0.1) is 0 Å². The molecule has 2 atom stereocenters. The van der Waals surface area contributed by atoms with E-state index in [1.165, 1.54) is 6.20 Å². The molecule has 0 amide bonds. The minimum absolute atomic E-state index is 0.166. The third-order valence-corrected chi connectivity index (χ3v) is 7.48. The number of nitrogens with zero attached hydrogens (tertiary/aromatic N) is 5. The number of halogens is 3. The van der Waals surface area contributed by atoms with Gasteiger partial charge in [0, 0.05) is 44.2 Å². The summed E-state index contributed by atoms with van der Waals surface area (Å²) >= 11 is 6.37. The van der Waals surface area contributed by atoms with Gasteiger partial charge in [-0.1, -0.05) is 11.6 Å². The van der Waals surface area contributed by atoms with Crippen LogP contribution in [0.2, 0.25) is 5.02 Å². The summed E-state index contributed by atoms with van der Waals surface area (Å²) in [5, 5.41) is 13.6. The number of aliphatic hydroxyl groups is 1. The molecular weight excluding hydrogens is 478 g/mol. The van der Waals surface area contributed by atoms with E-state index < -0.39 is 23.4 Å². The highest BCUT2D eigenvalue weighted by Crippen LogP contribution is 2.49. The van der Waals surface area contributed by atoms with Crippen molar-refractivity contribution in [3.05, 3.63) is 39.9 Å². The van der Waals surface area contributed by atoms with Crippen molar-refractivity contribution < 1.29 is 13.9 Å². The second-order valence-corrected chi connectivity index (χ2v) is 10.7. The normalized spacial score (nSPS) is 21.6. The molecule has 1 saturated carbocycles. The molecule has 2 aromatic heterocycles. The van der Waals surface area contributed by atoms with Crippen LogP contribution in [0.3, 0.4) is 0 Å². The van der Waals surface area contributed by atoms with E-state index in [2.05, 4.69) is 15.3 Å². The van der Waals surface area contributed by atoms with Crippen molar-refractivity contribution in [3.63, 3.8) is 0 Å². The number of anilines is 3. The number of aryl methyl sites for hydroxylation is 2. The first kappa shape index (κ1) is 24.0. The largest absolute Gasteiger partial charge is 0.390 e. The van der Waals surface area contributed by atoms with Gasteiger partial charge < -0.3 is 15.3 Å². The van der Waals surface area contributed by atoms with E-state index in [-0.39, 0.29) is 18.8 Å². The third kappa shape index (κ3) is 4.38. The Kier molecular flexibility index (Phi) is 5.79. The van der Waals surface area contributed by atoms with Crippen LogP contribution in [0.25, 0.3) is 11.0 Å². The van der Waals surface area contributed by atoms with Crippen molar-refractivity contribution in [2.24, 2.45) is 18.9 Å². The number of nitrogens with one attached hydrogen (secondary N) is 1. The van der Waals surface area contributed by atoms with E-state index in [9.17, 15) is 18.7 Å². The van der Waals surface area contributed by atoms with Crippen molar-refractivity contribution in [1.82, 2.24) is 19.1 Å². The van der Waals surface area contributed by atoms with Gasteiger partial charge in [-0.05, 0) is 51.3 Å². The molecule has 188 valence electrons. The maximum absolute atomic E-state index is 14.3. The lowest BCUT2D eigenvalue weighted by Crippen LogP contribution is -2.49. The van der Waals surface area contributed by atoms with Gasteiger partial charge >= 0.3 is 5.69 Å². The molecule has 1 aliphatic heterocycles. The molecule has 3 heterocycles. The topological polar surface area (TPSA) is 88.2 Å². The number of imidazole rings is 1. The van der Waals surface area contributed by atoms with Crippen molar-refractivity contribution in [2.45, 2.75) is 51.2 Å². The van der Waals surface area contributed by atoms with Gasteiger partial charge in [0.1, 0.15) is 5.02 Å². The lowest BCUT2D eigenvalue weighted by atomic mass is 9.94. The van der Waals surface area contributed by atoms with Crippen molar-refractivity contribution in [2.75, 3.05) is 23.3 Å². The predicted octanol–water partition coefficient (Wildman–Crippen LogP) is 4.17. The summed E-state index contributed by atoms with van der Waals surface area (Å²) in [5.74, 6) is -3.26. The van der Waals surface area contributed by atoms with Gasteiger partial charge in [-0.25, -0.2) is 18.6 Å². The molecular formula is C24H29ClF2N6O2. The predicted molar refractivity (Wildman–Crippen MR) is 132 cm³/mol. The fourth-order valence-corrected chi connectivity index (χ4v) is 5.28. The first-order chi connectivity index (χ1) is 16.4. The summed E-state index contributed by atoms with van der Waals surface area (Å²) in [4.78, 5) is 23.4. The van der Waals surface area contributed by atoms with Crippen LogP contribution in [-0.4, -0.2) is 48.8 Å². The first-order valence-corrected chi connectivity index (χ1v) is 12.2. The molecule has 11 heteroatoms. The molecule has 2 bridgehead atoms. The summed E-state index contributed by atoms with van der Waals surface area (Å²) < 4.78 is 31.9. The van der Waals surface area contributed by atoms with Crippen molar-refractivity contribution >= 4 is 40.1 Å². The highest BCUT2D eigenvalue weighted by atomic mass is 35.5. The molecule has 3 aromatic rings. The Hall–Kier alpha value is -2.72. The molecule has 2 aliphatic rings. The Morgan fingerprint density at radius 2 is 1.91 bits per heavy atom. The smallest absolute Gasteiger partial charge is 0.328 e. The van der Waals surface area contributed by atoms with E-state index >= 15 is 0 Å². The van der Waals surface area contributed by atoms with E-state index in [1.54, 1.807) is 30.0 Å². The number of alkyl halides is 2. The molecule has 1 aromatic carbocycles. The SMILES string of the molecule is Cn1c(=O)n(CCC(C)(C)O)c2cc(Nc3nc(N4CC5CCC(C4)C5(F)F)ncc3Cl)ccc21. The van der Waals surface area contributed by atoms with Crippen LogP contribution < -0.4 is 15.9 Å². The zero-order valence-electron chi connectivity index (χ0n) is 19.9. The maximum Gasteiger partial charge on any atom is 0.328 e. The van der Waals surface area contributed by atoms with Gasteiger partial charge in [-0.2, -0.15) is 4.98 Å². The molecule has 1 saturated heterocycles. The third-order valence-electron chi connectivity index (χ3n) is 7.20. The average molecular weight is 507 g/mol. The zero-order valence-corrected chi connectivity index (χ0v) is 20.7. The molecule has 2 unspecified atom stereocenters. The lowest BCUT2D eigenvalue weighted by Gasteiger charge is -2.37.